The van der Waals surface area contributed by atoms with Gasteiger partial charge in [0.25, 0.3) is 0 Å². The first-order valence-corrected chi connectivity index (χ1v) is 6.76. The van der Waals surface area contributed by atoms with Gasteiger partial charge in [-0.3, -0.25) is 4.79 Å². The van der Waals surface area contributed by atoms with E-state index < -0.39 is 0 Å². The van der Waals surface area contributed by atoms with Crippen molar-refractivity contribution in [3.63, 3.8) is 0 Å². The van der Waals surface area contributed by atoms with Crippen LogP contribution in [-0.2, 0) is 11.2 Å². The van der Waals surface area contributed by atoms with Crippen LogP contribution in [0.4, 0.5) is 0 Å². The predicted octanol–water partition coefficient (Wildman–Crippen LogP) is 1.92. The molecule has 19 heavy (non-hydrogen) atoms. The molecule has 5 heteroatoms. The second-order valence-corrected chi connectivity index (χ2v) is 5.27. The summed E-state index contributed by atoms with van der Waals surface area (Å²) in [7, 11) is 1.57. The van der Waals surface area contributed by atoms with Gasteiger partial charge in [-0.1, -0.05) is 17.7 Å². The van der Waals surface area contributed by atoms with Crippen molar-refractivity contribution >= 4 is 17.5 Å². The van der Waals surface area contributed by atoms with Crippen molar-refractivity contribution in [1.82, 2.24) is 5.32 Å². The number of carbonyl (C=O) groups is 1. The second kappa shape index (κ2) is 6.26. The zero-order valence-corrected chi connectivity index (χ0v) is 11.6. The number of methoxy groups -OCH3 is 1. The number of ether oxygens (including phenoxy) is 1. The third-order valence-electron chi connectivity index (χ3n) is 3.34. The average molecular weight is 284 g/mol. The molecule has 1 amide bonds. The Morgan fingerprint density at radius 1 is 1.53 bits per heavy atom. The highest BCUT2D eigenvalue weighted by molar-refractivity contribution is 6.32. The van der Waals surface area contributed by atoms with E-state index in [4.69, 9.17) is 21.4 Å². The number of nitrogens with one attached hydrogen (secondary N) is 1. The highest BCUT2D eigenvalue weighted by Gasteiger charge is 2.28. The number of hydrogen-bond acceptors (Lipinski definition) is 3. The van der Waals surface area contributed by atoms with Gasteiger partial charge in [0, 0.05) is 12.5 Å². The fraction of sp³-hybridized carbons (Fsp3) is 0.500. The Morgan fingerprint density at radius 2 is 2.26 bits per heavy atom. The molecule has 0 saturated heterocycles. The van der Waals surface area contributed by atoms with Crippen LogP contribution in [0, 0.1) is 0 Å². The number of rotatable bonds is 5. The summed E-state index contributed by atoms with van der Waals surface area (Å²) in [5.74, 6) is 0.655. The predicted molar refractivity (Wildman–Crippen MR) is 73.5 cm³/mol. The maximum absolute atomic E-state index is 11.7. The Bertz CT molecular complexity index is 458. The van der Waals surface area contributed by atoms with Crippen molar-refractivity contribution in [2.75, 3.05) is 7.11 Å². The summed E-state index contributed by atoms with van der Waals surface area (Å²) in [6.07, 6.45) is 2.16. The quantitative estimate of drug-likeness (QED) is 0.868. The molecule has 104 valence electrons. The Morgan fingerprint density at radius 3 is 2.84 bits per heavy atom. The normalized spacial score (nSPS) is 21.6. The molecular weight excluding hydrogens is 266 g/mol. The molecule has 1 aliphatic rings. The van der Waals surface area contributed by atoms with Gasteiger partial charge in [-0.25, -0.2) is 0 Å². The minimum Gasteiger partial charge on any atom is -0.495 e. The summed E-state index contributed by atoms with van der Waals surface area (Å²) >= 11 is 6.02. The minimum absolute atomic E-state index is 0.0174. The van der Waals surface area contributed by atoms with Gasteiger partial charge < -0.3 is 15.2 Å². The SMILES string of the molecule is COc1ccc(CCC(=O)NC2CC(O)C2)cc1Cl. The molecule has 0 unspecified atom stereocenters. The molecule has 2 rings (SSSR count). The first-order chi connectivity index (χ1) is 9.08. The third kappa shape index (κ3) is 3.85. The summed E-state index contributed by atoms with van der Waals surface area (Å²) in [6, 6.07) is 5.67. The lowest BCUT2D eigenvalue weighted by Crippen LogP contribution is -2.46. The van der Waals surface area contributed by atoms with Gasteiger partial charge in [0.2, 0.25) is 5.91 Å². The number of carbonyl (C=O) groups excluding carboxylic acids is 1. The number of aliphatic hydroxyl groups excluding tert-OH is 1. The van der Waals surface area contributed by atoms with Gasteiger partial charge in [0.1, 0.15) is 5.75 Å². The molecule has 0 bridgehead atoms. The topological polar surface area (TPSA) is 58.6 Å². The first-order valence-electron chi connectivity index (χ1n) is 6.38. The van der Waals surface area contributed by atoms with Gasteiger partial charge >= 0.3 is 0 Å². The van der Waals surface area contributed by atoms with Crippen LogP contribution in [0.3, 0.4) is 0 Å². The summed E-state index contributed by atoms with van der Waals surface area (Å²) < 4.78 is 5.08. The first kappa shape index (κ1) is 14.2. The van der Waals surface area contributed by atoms with Crippen LogP contribution < -0.4 is 10.1 Å². The van der Waals surface area contributed by atoms with Crippen molar-refractivity contribution in [2.45, 2.75) is 37.8 Å². The van der Waals surface area contributed by atoms with Crippen molar-refractivity contribution in [1.29, 1.82) is 0 Å². The molecule has 0 aliphatic heterocycles. The lowest BCUT2D eigenvalue weighted by molar-refractivity contribution is -0.123. The largest absolute Gasteiger partial charge is 0.495 e. The zero-order chi connectivity index (χ0) is 13.8. The van der Waals surface area contributed by atoms with Crippen LogP contribution in [0.5, 0.6) is 5.75 Å². The monoisotopic (exact) mass is 283 g/mol. The van der Waals surface area contributed by atoms with E-state index in [-0.39, 0.29) is 18.1 Å². The maximum Gasteiger partial charge on any atom is 0.220 e. The molecule has 0 radical (unpaired) electrons. The number of aryl methyl sites for hydroxylation is 1. The third-order valence-corrected chi connectivity index (χ3v) is 3.63. The van der Waals surface area contributed by atoms with E-state index in [1.165, 1.54) is 0 Å². The van der Waals surface area contributed by atoms with Crippen LogP contribution >= 0.6 is 11.6 Å². The zero-order valence-electron chi connectivity index (χ0n) is 10.9. The van der Waals surface area contributed by atoms with E-state index in [9.17, 15) is 4.79 Å². The van der Waals surface area contributed by atoms with Crippen LogP contribution in [0.15, 0.2) is 18.2 Å². The molecule has 0 spiro atoms. The van der Waals surface area contributed by atoms with Crippen LogP contribution in [0.2, 0.25) is 5.02 Å². The summed E-state index contributed by atoms with van der Waals surface area (Å²) in [5, 5.41) is 12.6. The van der Waals surface area contributed by atoms with E-state index in [1.54, 1.807) is 13.2 Å². The molecule has 0 aromatic heterocycles. The number of amides is 1. The summed E-state index contributed by atoms with van der Waals surface area (Å²) in [4.78, 5) is 11.7. The van der Waals surface area contributed by atoms with Gasteiger partial charge in [0.05, 0.1) is 18.2 Å². The van der Waals surface area contributed by atoms with Gasteiger partial charge in [-0.2, -0.15) is 0 Å². The Balaban J connectivity index is 1.78. The highest BCUT2D eigenvalue weighted by atomic mass is 35.5. The van der Waals surface area contributed by atoms with E-state index in [1.807, 2.05) is 12.1 Å². The molecule has 1 fully saturated rings. The maximum atomic E-state index is 11.7. The fourth-order valence-electron chi connectivity index (χ4n) is 2.13. The number of aliphatic hydroxyl groups is 1. The van der Waals surface area contributed by atoms with Crippen molar-refractivity contribution in [2.24, 2.45) is 0 Å². The fourth-order valence-corrected chi connectivity index (χ4v) is 2.41. The van der Waals surface area contributed by atoms with E-state index in [2.05, 4.69) is 5.32 Å². The molecule has 1 aromatic rings. The number of halogens is 1. The van der Waals surface area contributed by atoms with Gasteiger partial charge in [0.15, 0.2) is 0 Å². The van der Waals surface area contributed by atoms with Crippen LogP contribution in [-0.4, -0.2) is 30.3 Å². The Kier molecular flexibility index (Phi) is 4.66. The summed E-state index contributed by atoms with van der Waals surface area (Å²) in [5.41, 5.74) is 1.01. The Hall–Kier alpha value is -1.26. The summed E-state index contributed by atoms with van der Waals surface area (Å²) in [6.45, 7) is 0. The minimum atomic E-state index is -0.245. The molecule has 4 nitrogen and oxygen atoms in total. The molecule has 2 N–H and O–H groups in total. The van der Waals surface area contributed by atoms with Gasteiger partial charge in [-0.05, 0) is 37.0 Å². The Labute approximate surface area is 117 Å². The lowest BCUT2D eigenvalue weighted by Gasteiger charge is -2.31. The van der Waals surface area contributed by atoms with Crippen molar-refractivity contribution < 1.29 is 14.6 Å². The molecular formula is C14H18ClNO3. The number of hydrogen-bond donors (Lipinski definition) is 2. The molecule has 1 aromatic carbocycles. The lowest BCUT2D eigenvalue weighted by atomic mass is 9.89. The number of benzene rings is 1. The van der Waals surface area contributed by atoms with Crippen molar-refractivity contribution in [3.8, 4) is 5.75 Å². The molecule has 1 saturated carbocycles. The van der Waals surface area contributed by atoms with E-state index >= 15 is 0 Å². The van der Waals surface area contributed by atoms with E-state index in [0.717, 1.165) is 5.56 Å². The standard InChI is InChI=1S/C14H18ClNO3/c1-19-13-4-2-9(6-12(13)15)3-5-14(18)16-10-7-11(17)8-10/h2,4,6,10-11,17H,3,5,7-8H2,1H3,(H,16,18). The molecule has 1 aliphatic carbocycles. The van der Waals surface area contributed by atoms with Gasteiger partial charge in [-0.15, -0.1) is 0 Å². The van der Waals surface area contributed by atoms with Crippen LogP contribution in [0.1, 0.15) is 24.8 Å². The van der Waals surface area contributed by atoms with Crippen LogP contribution in [0.25, 0.3) is 0 Å². The van der Waals surface area contributed by atoms with Crippen molar-refractivity contribution in [3.05, 3.63) is 28.8 Å². The molecule has 0 atom stereocenters. The van der Waals surface area contributed by atoms with E-state index in [0.29, 0.717) is 36.5 Å². The second-order valence-electron chi connectivity index (χ2n) is 4.86. The average Bonchev–Trinajstić information content (AvgIpc) is 2.35. The molecule has 0 heterocycles. The smallest absolute Gasteiger partial charge is 0.220 e. The highest BCUT2D eigenvalue weighted by Crippen LogP contribution is 2.25.